The van der Waals surface area contributed by atoms with Crippen molar-refractivity contribution in [1.82, 2.24) is 0 Å². The topological polar surface area (TPSA) is 16.4 Å². The van der Waals surface area contributed by atoms with Gasteiger partial charge in [0.25, 0.3) is 0 Å². The summed E-state index contributed by atoms with van der Waals surface area (Å²) in [5.41, 5.74) is 15.1. The quantitative estimate of drug-likeness (QED) is 0.184. The summed E-state index contributed by atoms with van der Waals surface area (Å²) >= 11 is 0. The molecule has 0 spiro atoms. The van der Waals surface area contributed by atoms with E-state index < -0.39 is 0 Å². The highest BCUT2D eigenvalue weighted by Gasteiger charge is 2.36. The summed E-state index contributed by atoms with van der Waals surface area (Å²) in [6.07, 6.45) is 0. The molecule has 0 fully saturated rings. The first-order chi connectivity index (χ1) is 25.1. The van der Waals surface area contributed by atoms with Gasteiger partial charge in [0, 0.05) is 33.1 Å². The van der Waals surface area contributed by atoms with Crippen LogP contribution in [0.4, 0.5) is 17.1 Å². The number of benzene rings is 8. The fraction of sp³-hybridized carbons (Fsp3) is 0.0612. The third kappa shape index (κ3) is 4.57. The third-order valence-corrected chi connectivity index (χ3v) is 10.9. The van der Waals surface area contributed by atoms with Crippen LogP contribution >= 0.6 is 0 Å². The Morgan fingerprint density at radius 3 is 1.78 bits per heavy atom. The van der Waals surface area contributed by atoms with Crippen LogP contribution in [0.1, 0.15) is 25.0 Å². The van der Waals surface area contributed by atoms with Crippen molar-refractivity contribution in [3.05, 3.63) is 187 Å². The van der Waals surface area contributed by atoms with Crippen molar-refractivity contribution in [3.63, 3.8) is 0 Å². The SMILES string of the molecule is CC1(C)c2ccccc2-c2ccc(N(c3ccc4oc5cc(-c6ccccc6)c6ccccc6c5c4c3)c3ccccc3-c3ccccc3)cc21. The lowest BCUT2D eigenvalue weighted by Gasteiger charge is -2.30. The minimum Gasteiger partial charge on any atom is -0.456 e. The lowest BCUT2D eigenvalue weighted by Crippen LogP contribution is -2.16. The second kappa shape index (κ2) is 11.3. The number of hydrogen-bond acceptors (Lipinski definition) is 2. The van der Waals surface area contributed by atoms with Crippen molar-refractivity contribution < 1.29 is 4.42 Å². The van der Waals surface area contributed by atoms with Gasteiger partial charge in [-0.3, -0.25) is 0 Å². The van der Waals surface area contributed by atoms with Gasteiger partial charge >= 0.3 is 0 Å². The van der Waals surface area contributed by atoms with Crippen molar-refractivity contribution >= 4 is 49.8 Å². The molecule has 10 rings (SSSR count). The number of furan rings is 1. The molecule has 1 aliphatic rings. The maximum absolute atomic E-state index is 6.67. The molecule has 1 aromatic heterocycles. The maximum Gasteiger partial charge on any atom is 0.136 e. The van der Waals surface area contributed by atoms with Crippen LogP contribution in [0.5, 0.6) is 0 Å². The number of hydrogen-bond donors (Lipinski definition) is 0. The van der Waals surface area contributed by atoms with E-state index in [-0.39, 0.29) is 5.41 Å². The van der Waals surface area contributed by atoms with Gasteiger partial charge in [-0.05, 0) is 92.2 Å². The zero-order valence-electron chi connectivity index (χ0n) is 28.6. The molecule has 1 aliphatic carbocycles. The molecule has 9 aromatic rings. The summed E-state index contributed by atoms with van der Waals surface area (Å²) in [6.45, 7) is 4.70. The van der Waals surface area contributed by atoms with Crippen molar-refractivity contribution in [2.75, 3.05) is 4.90 Å². The largest absolute Gasteiger partial charge is 0.456 e. The first-order valence-electron chi connectivity index (χ1n) is 17.7. The van der Waals surface area contributed by atoms with Crippen LogP contribution in [-0.2, 0) is 5.41 Å². The summed E-state index contributed by atoms with van der Waals surface area (Å²) in [6, 6.07) is 63.6. The lowest BCUT2D eigenvalue weighted by atomic mass is 9.82. The molecule has 0 bridgehead atoms. The Morgan fingerprint density at radius 1 is 0.412 bits per heavy atom. The highest BCUT2D eigenvalue weighted by atomic mass is 16.3. The average Bonchev–Trinajstić information content (AvgIpc) is 3.67. The van der Waals surface area contributed by atoms with E-state index >= 15 is 0 Å². The molecule has 0 atom stereocenters. The summed E-state index contributed by atoms with van der Waals surface area (Å²) in [4.78, 5) is 2.43. The highest BCUT2D eigenvalue weighted by molar-refractivity contribution is 6.22. The Kier molecular flexibility index (Phi) is 6.56. The average molecular weight is 654 g/mol. The number of rotatable bonds is 5. The van der Waals surface area contributed by atoms with Crippen LogP contribution in [0.25, 0.3) is 66.1 Å². The van der Waals surface area contributed by atoms with Crippen LogP contribution in [0.3, 0.4) is 0 Å². The molecule has 0 unspecified atom stereocenters. The molecule has 8 aromatic carbocycles. The molecule has 51 heavy (non-hydrogen) atoms. The first-order valence-corrected chi connectivity index (χ1v) is 17.7. The van der Waals surface area contributed by atoms with E-state index in [1.807, 2.05) is 0 Å². The van der Waals surface area contributed by atoms with Gasteiger partial charge in [0.15, 0.2) is 0 Å². The third-order valence-electron chi connectivity index (χ3n) is 10.9. The standard InChI is InChI=1S/C49H35NO/c1-49(2)43-23-13-11-21-38(43)39-27-25-35(30-44(39)49)50(45-24-14-12-19-36(45)32-15-5-3-6-16-32)34-26-28-46-42(29-34)48-40-22-10-9-20-37(40)41(31-47(48)51-46)33-17-7-4-8-18-33/h3-31H,1-2H3. The van der Waals surface area contributed by atoms with E-state index in [1.54, 1.807) is 0 Å². The Balaban J connectivity index is 1.23. The molecule has 242 valence electrons. The van der Waals surface area contributed by atoms with Gasteiger partial charge in [-0.15, -0.1) is 0 Å². The van der Waals surface area contributed by atoms with Gasteiger partial charge in [0.2, 0.25) is 0 Å². The van der Waals surface area contributed by atoms with Crippen molar-refractivity contribution in [3.8, 4) is 33.4 Å². The Bertz CT molecular complexity index is 2770. The van der Waals surface area contributed by atoms with E-state index in [0.29, 0.717) is 0 Å². The molecule has 1 heterocycles. The molecular weight excluding hydrogens is 619 g/mol. The Labute approximate surface area is 297 Å². The van der Waals surface area contributed by atoms with Gasteiger partial charge in [-0.25, -0.2) is 0 Å². The van der Waals surface area contributed by atoms with E-state index in [2.05, 4.69) is 195 Å². The summed E-state index contributed by atoms with van der Waals surface area (Å²) in [5.74, 6) is 0. The number of nitrogens with zero attached hydrogens (tertiary/aromatic N) is 1. The smallest absolute Gasteiger partial charge is 0.136 e. The fourth-order valence-electron chi connectivity index (χ4n) is 8.41. The second-order valence-electron chi connectivity index (χ2n) is 14.1. The van der Waals surface area contributed by atoms with Crippen molar-refractivity contribution in [2.45, 2.75) is 19.3 Å². The summed E-state index contributed by atoms with van der Waals surface area (Å²) in [5, 5.41) is 4.66. The van der Waals surface area contributed by atoms with Gasteiger partial charge < -0.3 is 9.32 Å². The summed E-state index contributed by atoms with van der Waals surface area (Å²) in [7, 11) is 0. The minimum absolute atomic E-state index is 0.118. The fourth-order valence-corrected chi connectivity index (χ4v) is 8.41. The molecule has 0 saturated heterocycles. The van der Waals surface area contributed by atoms with Crippen LogP contribution in [-0.4, -0.2) is 0 Å². The molecule has 0 amide bonds. The van der Waals surface area contributed by atoms with Crippen LogP contribution in [0.15, 0.2) is 180 Å². The van der Waals surface area contributed by atoms with E-state index in [0.717, 1.165) is 39.0 Å². The molecule has 2 nitrogen and oxygen atoms in total. The molecule has 0 N–H and O–H groups in total. The lowest BCUT2D eigenvalue weighted by molar-refractivity contribution is 0.660. The summed E-state index contributed by atoms with van der Waals surface area (Å²) < 4.78 is 6.67. The number of fused-ring (bicyclic) bond motifs is 8. The number of anilines is 3. The molecular formula is C49H35NO. The maximum atomic E-state index is 6.67. The van der Waals surface area contributed by atoms with E-state index in [4.69, 9.17) is 4.42 Å². The van der Waals surface area contributed by atoms with Crippen LogP contribution in [0, 0.1) is 0 Å². The highest BCUT2D eigenvalue weighted by Crippen LogP contribution is 2.51. The minimum atomic E-state index is -0.118. The molecule has 0 aliphatic heterocycles. The van der Waals surface area contributed by atoms with Gasteiger partial charge in [-0.1, -0.05) is 147 Å². The monoisotopic (exact) mass is 653 g/mol. The Morgan fingerprint density at radius 2 is 1.00 bits per heavy atom. The molecule has 0 saturated carbocycles. The van der Waals surface area contributed by atoms with Crippen molar-refractivity contribution in [1.29, 1.82) is 0 Å². The second-order valence-corrected chi connectivity index (χ2v) is 14.1. The zero-order valence-corrected chi connectivity index (χ0v) is 28.6. The van der Waals surface area contributed by atoms with E-state index in [1.165, 1.54) is 55.3 Å². The predicted molar refractivity (Wildman–Crippen MR) is 214 cm³/mol. The first kappa shape index (κ1) is 29.5. The van der Waals surface area contributed by atoms with E-state index in [9.17, 15) is 0 Å². The molecule has 2 heteroatoms. The number of para-hydroxylation sites is 1. The van der Waals surface area contributed by atoms with Gasteiger partial charge in [0.1, 0.15) is 11.2 Å². The normalized spacial score (nSPS) is 13.1. The Hall–Kier alpha value is -6.38. The van der Waals surface area contributed by atoms with Gasteiger partial charge in [0.05, 0.1) is 5.69 Å². The van der Waals surface area contributed by atoms with Crippen molar-refractivity contribution in [2.24, 2.45) is 0 Å². The zero-order chi connectivity index (χ0) is 34.1. The van der Waals surface area contributed by atoms with Gasteiger partial charge in [-0.2, -0.15) is 0 Å². The van der Waals surface area contributed by atoms with Crippen LogP contribution in [0.2, 0.25) is 0 Å². The predicted octanol–water partition coefficient (Wildman–Crippen LogP) is 13.8. The van der Waals surface area contributed by atoms with Crippen LogP contribution < -0.4 is 4.90 Å². The molecule has 0 radical (unpaired) electrons.